The number of phenolic OH excluding ortho intramolecular Hbond substituents is 1. The molecule has 0 aromatic heterocycles. The first-order valence-corrected chi connectivity index (χ1v) is 6.70. The minimum atomic E-state index is -0.410. The highest BCUT2D eigenvalue weighted by Gasteiger charge is 2.04. The SMILES string of the molecule is O=C(COc1ccccc1O)N/N=C/C=C/c1ccccc1. The molecular formula is C17H16N2O3. The Morgan fingerprint density at radius 3 is 2.64 bits per heavy atom. The topological polar surface area (TPSA) is 70.9 Å². The van der Waals surface area contributed by atoms with Crippen LogP contribution in [0.15, 0.2) is 65.8 Å². The third-order valence-electron chi connectivity index (χ3n) is 2.66. The molecule has 0 atom stereocenters. The summed E-state index contributed by atoms with van der Waals surface area (Å²) in [5.74, 6) is -0.164. The maximum Gasteiger partial charge on any atom is 0.277 e. The average molecular weight is 296 g/mol. The van der Waals surface area contributed by atoms with Gasteiger partial charge in [0.15, 0.2) is 18.1 Å². The van der Waals surface area contributed by atoms with Gasteiger partial charge in [0.05, 0.1) is 0 Å². The molecule has 2 rings (SSSR count). The molecule has 2 aromatic rings. The number of amides is 1. The maximum absolute atomic E-state index is 11.5. The van der Waals surface area contributed by atoms with Crippen LogP contribution in [0.1, 0.15) is 5.56 Å². The van der Waals surface area contributed by atoms with Crippen molar-refractivity contribution < 1.29 is 14.6 Å². The zero-order valence-corrected chi connectivity index (χ0v) is 11.8. The van der Waals surface area contributed by atoms with Crippen LogP contribution in [0.25, 0.3) is 6.08 Å². The van der Waals surface area contributed by atoms with Crippen LogP contribution in [-0.4, -0.2) is 23.8 Å². The number of allylic oxidation sites excluding steroid dienone is 1. The Bertz CT molecular complexity index is 667. The van der Waals surface area contributed by atoms with Crippen molar-refractivity contribution in [3.8, 4) is 11.5 Å². The number of hydrogen-bond donors (Lipinski definition) is 2. The Labute approximate surface area is 128 Å². The Balaban J connectivity index is 1.73. The normalized spacial score (nSPS) is 10.9. The Kier molecular flexibility index (Phi) is 5.75. The molecule has 5 heteroatoms. The van der Waals surface area contributed by atoms with Gasteiger partial charge in [-0.25, -0.2) is 5.43 Å². The molecule has 0 aliphatic carbocycles. The van der Waals surface area contributed by atoms with E-state index in [4.69, 9.17) is 4.74 Å². The van der Waals surface area contributed by atoms with Gasteiger partial charge in [-0.2, -0.15) is 5.10 Å². The van der Waals surface area contributed by atoms with Gasteiger partial charge >= 0.3 is 0 Å². The van der Waals surface area contributed by atoms with Gasteiger partial charge in [-0.05, 0) is 23.8 Å². The monoisotopic (exact) mass is 296 g/mol. The van der Waals surface area contributed by atoms with Gasteiger partial charge in [0, 0.05) is 6.21 Å². The predicted molar refractivity (Wildman–Crippen MR) is 85.7 cm³/mol. The summed E-state index contributed by atoms with van der Waals surface area (Å²) < 4.78 is 5.17. The van der Waals surface area contributed by atoms with Crippen LogP contribution in [-0.2, 0) is 4.79 Å². The number of phenols is 1. The fourth-order valence-corrected chi connectivity index (χ4v) is 1.63. The van der Waals surface area contributed by atoms with Crippen molar-refractivity contribution >= 4 is 18.2 Å². The van der Waals surface area contributed by atoms with Crippen molar-refractivity contribution in [2.75, 3.05) is 6.61 Å². The van der Waals surface area contributed by atoms with Crippen molar-refractivity contribution in [2.24, 2.45) is 5.10 Å². The molecule has 1 amide bonds. The first-order chi connectivity index (χ1) is 10.8. The lowest BCUT2D eigenvalue weighted by Crippen LogP contribution is -2.24. The molecule has 0 heterocycles. The van der Waals surface area contributed by atoms with E-state index >= 15 is 0 Å². The summed E-state index contributed by atoms with van der Waals surface area (Å²) in [5, 5.41) is 13.2. The second-order valence-electron chi connectivity index (χ2n) is 4.34. The van der Waals surface area contributed by atoms with E-state index in [1.165, 1.54) is 12.3 Å². The second kappa shape index (κ2) is 8.26. The van der Waals surface area contributed by atoms with E-state index in [2.05, 4.69) is 10.5 Å². The fourth-order valence-electron chi connectivity index (χ4n) is 1.63. The van der Waals surface area contributed by atoms with E-state index in [1.54, 1.807) is 24.3 Å². The van der Waals surface area contributed by atoms with Gasteiger partial charge in [0.1, 0.15) is 0 Å². The van der Waals surface area contributed by atoms with Crippen molar-refractivity contribution in [3.05, 3.63) is 66.2 Å². The van der Waals surface area contributed by atoms with E-state index in [0.29, 0.717) is 0 Å². The number of para-hydroxylation sites is 2. The number of hydrazone groups is 1. The molecule has 2 N–H and O–H groups in total. The van der Waals surface area contributed by atoms with Crippen molar-refractivity contribution in [2.45, 2.75) is 0 Å². The highest BCUT2D eigenvalue weighted by Crippen LogP contribution is 2.23. The number of carbonyl (C=O) groups excluding carboxylic acids is 1. The lowest BCUT2D eigenvalue weighted by atomic mass is 10.2. The number of ether oxygens (including phenoxy) is 1. The molecule has 5 nitrogen and oxygen atoms in total. The van der Waals surface area contributed by atoms with E-state index in [1.807, 2.05) is 36.4 Å². The van der Waals surface area contributed by atoms with Gasteiger partial charge < -0.3 is 9.84 Å². The van der Waals surface area contributed by atoms with Gasteiger partial charge in [0.25, 0.3) is 5.91 Å². The molecule has 0 fully saturated rings. The third-order valence-corrected chi connectivity index (χ3v) is 2.66. The fraction of sp³-hybridized carbons (Fsp3) is 0.0588. The van der Waals surface area contributed by atoms with Crippen molar-refractivity contribution in [1.29, 1.82) is 0 Å². The van der Waals surface area contributed by atoms with Crippen LogP contribution in [0.4, 0.5) is 0 Å². The maximum atomic E-state index is 11.5. The van der Waals surface area contributed by atoms with Crippen LogP contribution >= 0.6 is 0 Å². The number of hydrogen-bond acceptors (Lipinski definition) is 4. The van der Waals surface area contributed by atoms with Crippen LogP contribution < -0.4 is 10.2 Å². The van der Waals surface area contributed by atoms with Crippen LogP contribution in [0.3, 0.4) is 0 Å². The number of nitrogens with zero attached hydrogens (tertiary/aromatic N) is 1. The highest BCUT2D eigenvalue weighted by atomic mass is 16.5. The smallest absolute Gasteiger partial charge is 0.277 e. The minimum Gasteiger partial charge on any atom is -0.504 e. The summed E-state index contributed by atoms with van der Waals surface area (Å²) in [4.78, 5) is 11.5. The molecule has 0 radical (unpaired) electrons. The minimum absolute atomic E-state index is 0.00963. The summed E-state index contributed by atoms with van der Waals surface area (Å²) >= 11 is 0. The van der Waals surface area contributed by atoms with E-state index < -0.39 is 5.91 Å². The Morgan fingerprint density at radius 1 is 1.14 bits per heavy atom. The molecule has 0 bridgehead atoms. The van der Waals surface area contributed by atoms with E-state index in [-0.39, 0.29) is 18.1 Å². The molecular weight excluding hydrogens is 280 g/mol. The Hall–Kier alpha value is -3.08. The zero-order chi connectivity index (χ0) is 15.6. The van der Waals surface area contributed by atoms with Gasteiger partial charge in [-0.3, -0.25) is 4.79 Å². The first kappa shape index (κ1) is 15.3. The largest absolute Gasteiger partial charge is 0.504 e. The van der Waals surface area contributed by atoms with Crippen LogP contribution in [0, 0.1) is 0 Å². The third kappa shape index (κ3) is 5.13. The molecule has 0 saturated heterocycles. The van der Waals surface area contributed by atoms with Crippen molar-refractivity contribution in [1.82, 2.24) is 5.43 Å². The Morgan fingerprint density at radius 2 is 1.86 bits per heavy atom. The van der Waals surface area contributed by atoms with Gasteiger partial charge in [-0.15, -0.1) is 0 Å². The summed E-state index contributed by atoms with van der Waals surface area (Å²) in [7, 11) is 0. The van der Waals surface area contributed by atoms with Crippen LogP contribution in [0.5, 0.6) is 11.5 Å². The summed E-state index contributed by atoms with van der Waals surface area (Å²) in [6.45, 7) is -0.225. The number of nitrogens with one attached hydrogen (secondary N) is 1. The first-order valence-electron chi connectivity index (χ1n) is 6.70. The lowest BCUT2D eigenvalue weighted by Gasteiger charge is -2.05. The molecule has 112 valence electrons. The van der Waals surface area contributed by atoms with E-state index in [9.17, 15) is 9.90 Å². The van der Waals surface area contributed by atoms with Crippen molar-refractivity contribution in [3.63, 3.8) is 0 Å². The van der Waals surface area contributed by atoms with Gasteiger partial charge in [0.2, 0.25) is 0 Å². The van der Waals surface area contributed by atoms with E-state index in [0.717, 1.165) is 5.56 Å². The summed E-state index contributed by atoms with van der Waals surface area (Å²) in [6, 6.07) is 16.2. The summed E-state index contributed by atoms with van der Waals surface area (Å²) in [6.07, 6.45) is 5.07. The summed E-state index contributed by atoms with van der Waals surface area (Å²) in [5.41, 5.74) is 3.38. The lowest BCUT2D eigenvalue weighted by molar-refractivity contribution is -0.123. The number of carbonyl (C=O) groups is 1. The second-order valence-corrected chi connectivity index (χ2v) is 4.34. The standard InChI is InChI=1S/C17H16N2O3/c20-15-10-4-5-11-16(15)22-13-17(21)19-18-12-6-9-14-7-2-1-3-8-14/h1-12,20H,13H2,(H,19,21)/b9-6+,18-12+. The molecule has 0 spiro atoms. The number of aromatic hydroxyl groups is 1. The predicted octanol–water partition coefficient (Wildman–Crippen LogP) is 2.59. The number of rotatable bonds is 6. The van der Waals surface area contributed by atoms with Crippen LogP contribution in [0.2, 0.25) is 0 Å². The zero-order valence-electron chi connectivity index (χ0n) is 11.8. The average Bonchev–Trinajstić information content (AvgIpc) is 2.55. The molecule has 22 heavy (non-hydrogen) atoms. The van der Waals surface area contributed by atoms with Gasteiger partial charge in [-0.1, -0.05) is 48.5 Å². The molecule has 0 unspecified atom stereocenters. The molecule has 0 aliphatic rings. The number of benzene rings is 2. The highest BCUT2D eigenvalue weighted by molar-refractivity contribution is 5.82. The quantitative estimate of drug-likeness (QED) is 0.636. The molecule has 2 aromatic carbocycles. The molecule has 0 saturated carbocycles. The molecule has 0 aliphatic heterocycles.